The first-order valence-corrected chi connectivity index (χ1v) is 8.54. The molecule has 0 atom stereocenters. The number of carbonyl (C=O) groups excluding carboxylic acids is 1. The van der Waals surface area contributed by atoms with Gasteiger partial charge in [-0.1, -0.05) is 52.6 Å². The number of aromatic nitrogens is 2. The van der Waals surface area contributed by atoms with Gasteiger partial charge in [0, 0.05) is 12.1 Å². The lowest BCUT2D eigenvalue weighted by Gasteiger charge is -2.28. The molecule has 126 valence electrons. The summed E-state index contributed by atoms with van der Waals surface area (Å²) in [4.78, 5) is 18.4. The van der Waals surface area contributed by atoms with Crippen molar-refractivity contribution in [3.8, 4) is 11.4 Å². The molecule has 0 saturated heterocycles. The van der Waals surface area contributed by atoms with Crippen molar-refractivity contribution in [2.75, 3.05) is 4.90 Å². The van der Waals surface area contributed by atoms with Gasteiger partial charge in [-0.15, -0.1) is 0 Å². The van der Waals surface area contributed by atoms with Gasteiger partial charge in [0.15, 0.2) is 0 Å². The van der Waals surface area contributed by atoms with Crippen LogP contribution in [-0.4, -0.2) is 16.0 Å². The monoisotopic (exact) mass is 373 g/mol. The fourth-order valence-corrected chi connectivity index (χ4v) is 3.50. The van der Waals surface area contributed by atoms with E-state index in [1.165, 1.54) is 0 Å². The number of benzene rings is 2. The molecule has 0 radical (unpaired) electrons. The minimum absolute atomic E-state index is 0.0363. The Kier molecular flexibility index (Phi) is 4.19. The highest BCUT2D eigenvalue weighted by atomic mass is 35.5. The predicted molar refractivity (Wildman–Crippen MR) is 95.7 cm³/mol. The van der Waals surface area contributed by atoms with Crippen LogP contribution in [0.3, 0.4) is 0 Å². The Morgan fingerprint density at radius 2 is 1.80 bits per heavy atom. The van der Waals surface area contributed by atoms with E-state index in [0.717, 1.165) is 17.7 Å². The summed E-state index contributed by atoms with van der Waals surface area (Å²) in [6, 6.07) is 13.0. The maximum atomic E-state index is 12.3. The topological polar surface area (TPSA) is 59.2 Å². The average molecular weight is 374 g/mol. The predicted octanol–water partition coefficient (Wildman–Crippen LogP) is 4.52. The lowest BCUT2D eigenvalue weighted by atomic mass is 10.0. The first-order chi connectivity index (χ1) is 12.1. The Hall–Kier alpha value is -2.37. The fraction of sp³-hybridized carbons (Fsp3) is 0.167. The van der Waals surface area contributed by atoms with E-state index in [0.29, 0.717) is 33.7 Å². The van der Waals surface area contributed by atoms with Crippen LogP contribution in [0.4, 0.5) is 5.69 Å². The summed E-state index contributed by atoms with van der Waals surface area (Å²) in [5.41, 5.74) is 2.54. The van der Waals surface area contributed by atoms with Crippen molar-refractivity contribution in [3.05, 3.63) is 64.0 Å². The van der Waals surface area contributed by atoms with Crippen LogP contribution in [-0.2, 0) is 17.8 Å². The van der Waals surface area contributed by atoms with Crippen LogP contribution < -0.4 is 4.90 Å². The third-order valence-electron chi connectivity index (χ3n) is 4.14. The van der Waals surface area contributed by atoms with E-state index in [9.17, 15) is 4.79 Å². The van der Waals surface area contributed by atoms with E-state index >= 15 is 0 Å². The third-order valence-corrected chi connectivity index (χ3v) is 4.77. The number of hydrogen-bond donors (Lipinski definition) is 0. The largest absolute Gasteiger partial charge is 0.337 e. The summed E-state index contributed by atoms with van der Waals surface area (Å²) < 4.78 is 5.32. The highest BCUT2D eigenvalue weighted by Gasteiger charge is 2.26. The number of hydrogen-bond acceptors (Lipinski definition) is 4. The molecule has 0 fully saturated rings. The van der Waals surface area contributed by atoms with Gasteiger partial charge in [-0.2, -0.15) is 4.98 Å². The number of fused-ring (bicyclic) bond motifs is 1. The van der Waals surface area contributed by atoms with E-state index in [1.807, 2.05) is 24.3 Å². The Labute approximate surface area is 154 Å². The second-order valence-electron chi connectivity index (χ2n) is 5.72. The molecule has 0 spiro atoms. The number of amides is 1. The standard InChI is InChI=1S/C18H13Cl2N3O2/c19-12-5-3-6-13(20)17(12)18-21-15(25-22-18)10-23-14-7-2-1-4-11(14)8-9-16(23)24/h1-7H,8-10H2. The number of para-hydroxylation sites is 1. The van der Waals surface area contributed by atoms with E-state index in [-0.39, 0.29) is 12.5 Å². The van der Waals surface area contributed by atoms with Crippen LogP contribution in [0.2, 0.25) is 10.0 Å². The maximum Gasteiger partial charge on any atom is 0.247 e. The van der Waals surface area contributed by atoms with Gasteiger partial charge >= 0.3 is 0 Å². The van der Waals surface area contributed by atoms with Gasteiger partial charge in [-0.25, -0.2) is 0 Å². The smallest absolute Gasteiger partial charge is 0.247 e. The van der Waals surface area contributed by atoms with Gasteiger partial charge in [0.25, 0.3) is 0 Å². The zero-order chi connectivity index (χ0) is 17.4. The summed E-state index contributed by atoms with van der Waals surface area (Å²) in [5, 5.41) is 4.85. The quantitative estimate of drug-likeness (QED) is 0.676. The average Bonchev–Trinajstić information content (AvgIpc) is 3.05. The van der Waals surface area contributed by atoms with Crippen LogP contribution in [0.15, 0.2) is 47.0 Å². The lowest BCUT2D eigenvalue weighted by molar-refractivity contribution is -0.119. The zero-order valence-corrected chi connectivity index (χ0v) is 14.6. The van der Waals surface area contributed by atoms with Crippen molar-refractivity contribution in [3.63, 3.8) is 0 Å². The SMILES string of the molecule is O=C1CCc2ccccc2N1Cc1nc(-c2c(Cl)cccc2Cl)no1. The first-order valence-electron chi connectivity index (χ1n) is 7.79. The number of aryl methyl sites for hydroxylation is 1. The highest BCUT2D eigenvalue weighted by Crippen LogP contribution is 2.33. The van der Waals surface area contributed by atoms with Crippen molar-refractivity contribution in [1.29, 1.82) is 0 Å². The second kappa shape index (κ2) is 6.50. The molecule has 2 heterocycles. The molecule has 0 saturated carbocycles. The fourth-order valence-electron chi connectivity index (χ4n) is 2.94. The summed E-state index contributed by atoms with van der Waals surface area (Å²) in [5.74, 6) is 0.675. The molecule has 0 N–H and O–H groups in total. The minimum atomic E-state index is 0.0363. The molecule has 4 rings (SSSR count). The van der Waals surface area contributed by atoms with Crippen molar-refractivity contribution in [1.82, 2.24) is 10.1 Å². The Bertz CT molecular complexity index is 935. The molecule has 0 aliphatic carbocycles. The van der Waals surface area contributed by atoms with E-state index in [4.69, 9.17) is 27.7 Å². The Morgan fingerprint density at radius 3 is 2.60 bits per heavy atom. The normalized spacial score (nSPS) is 13.8. The number of halogens is 2. The maximum absolute atomic E-state index is 12.3. The summed E-state index contributed by atoms with van der Waals surface area (Å²) in [6.07, 6.45) is 1.21. The van der Waals surface area contributed by atoms with Crippen LogP contribution in [0.5, 0.6) is 0 Å². The summed E-state index contributed by atoms with van der Waals surface area (Å²) in [7, 11) is 0. The molecule has 2 aromatic carbocycles. The minimum Gasteiger partial charge on any atom is -0.337 e. The molecule has 1 amide bonds. The number of rotatable bonds is 3. The van der Waals surface area contributed by atoms with E-state index in [1.54, 1.807) is 23.1 Å². The van der Waals surface area contributed by atoms with Gasteiger partial charge in [0.2, 0.25) is 17.6 Å². The highest BCUT2D eigenvalue weighted by molar-refractivity contribution is 6.38. The molecule has 1 aliphatic rings. The summed E-state index contributed by atoms with van der Waals surface area (Å²) >= 11 is 12.4. The Morgan fingerprint density at radius 1 is 1.04 bits per heavy atom. The van der Waals surface area contributed by atoms with Gasteiger partial charge in [-0.05, 0) is 30.2 Å². The van der Waals surface area contributed by atoms with Gasteiger partial charge in [-0.3, -0.25) is 4.79 Å². The van der Waals surface area contributed by atoms with Gasteiger partial charge in [0.05, 0.1) is 15.6 Å². The third kappa shape index (κ3) is 3.01. The van der Waals surface area contributed by atoms with Crippen LogP contribution in [0.25, 0.3) is 11.4 Å². The molecule has 3 aromatic rings. The Balaban J connectivity index is 1.65. The molecular formula is C18H13Cl2N3O2. The molecule has 7 heteroatoms. The molecule has 1 aliphatic heterocycles. The van der Waals surface area contributed by atoms with Crippen molar-refractivity contribution in [2.45, 2.75) is 19.4 Å². The molecular weight excluding hydrogens is 361 g/mol. The van der Waals surface area contributed by atoms with Crippen LogP contribution in [0, 0.1) is 0 Å². The molecule has 5 nitrogen and oxygen atoms in total. The first kappa shape index (κ1) is 16.1. The van der Waals surface area contributed by atoms with Crippen molar-refractivity contribution in [2.24, 2.45) is 0 Å². The van der Waals surface area contributed by atoms with Crippen LogP contribution in [0.1, 0.15) is 17.9 Å². The van der Waals surface area contributed by atoms with E-state index in [2.05, 4.69) is 10.1 Å². The number of nitrogens with zero attached hydrogens (tertiary/aromatic N) is 3. The number of carbonyl (C=O) groups is 1. The molecule has 25 heavy (non-hydrogen) atoms. The van der Waals surface area contributed by atoms with Crippen molar-refractivity contribution >= 4 is 34.8 Å². The molecule has 0 unspecified atom stereocenters. The van der Waals surface area contributed by atoms with E-state index < -0.39 is 0 Å². The van der Waals surface area contributed by atoms with Crippen LogP contribution >= 0.6 is 23.2 Å². The van der Waals surface area contributed by atoms with Gasteiger partial charge < -0.3 is 9.42 Å². The molecule has 0 bridgehead atoms. The lowest BCUT2D eigenvalue weighted by Crippen LogP contribution is -2.34. The zero-order valence-electron chi connectivity index (χ0n) is 13.1. The number of anilines is 1. The van der Waals surface area contributed by atoms with Crippen molar-refractivity contribution < 1.29 is 9.32 Å². The summed E-state index contributed by atoms with van der Waals surface area (Å²) in [6.45, 7) is 0.213. The van der Waals surface area contributed by atoms with Gasteiger partial charge in [0.1, 0.15) is 6.54 Å². The molecule has 1 aromatic heterocycles. The second-order valence-corrected chi connectivity index (χ2v) is 6.53.